The molecule has 0 bridgehead atoms. The molecule has 0 spiro atoms. The number of aromatic hydroxyl groups is 1. The van der Waals surface area contributed by atoms with Crippen LogP contribution in [-0.4, -0.2) is 23.0 Å². The van der Waals surface area contributed by atoms with Gasteiger partial charge in [-0.15, -0.1) is 11.3 Å². The fourth-order valence-electron chi connectivity index (χ4n) is 1.61. The van der Waals surface area contributed by atoms with Gasteiger partial charge in [-0.25, -0.2) is 0 Å². The van der Waals surface area contributed by atoms with Crippen molar-refractivity contribution in [3.63, 3.8) is 0 Å². The molecule has 100 valence electrons. The summed E-state index contributed by atoms with van der Waals surface area (Å²) in [5.41, 5.74) is 0.475. The zero-order chi connectivity index (χ0) is 14.0. The highest BCUT2D eigenvalue weighted by molar-refractivity contribution is 14.1. The molecule has 1 aromatic heterocycles. The lowest BCUT2D eigenvalue weighted by Gasteiger charge is -2.16. The predicted octanol–water partition coefficient (Wildman–Crippen LogP) is 3.98. The average Bonchev–Trinajstić information content (AvgIpc) is 2.77. The Bertz CT molecular complexity index is 614. The molecule has 6 heteroatoms. The summed E-state index contributed by atoms with van der Waals surface area (Å²) in [5.74, 6) is -0.00441. The van der Waals surface area contributed by atoms with Gasteiger partial charge in [0, 0.05) is 17.5 Å². The van der Waals surface area contributed by atoms with Gasteiger partial charge in [-0.05, 0) is 52.9 Å². The molecule has 1 aromatic carbocycles. The normalized spacial score (nSPS) is 10.5. The van der Waals surface area contributed by atoms with Crippen LogP contribution < -0.4 is 0 Å². The number of amides is 1. The molecular formula is C13H11ClINO2S. The Morgan fingerprint density at radius 2 is 2.16 bits per heavy atom. The second-order valence-electron chi connectivity index (χ2n) is 4.03. The third-order valence-electron chi connectivity index (χ3n) is 2.56. The van der Waals surface area contributed by atoms with Gasteiger partial charge in [0.1, 0.15) is 5.75 Å². The van der Waals surface area contributed by atoms with Crippen molar-refractivity contribution in [1.82, 2.24) is 4.90 Å². The van der Waals surface area contributed by atoms with E-state index in [9.17, 15) is 9.90 Å². The molecule has 1 heterocycles. The maximum atomic E-state index is 12.2. The molecule has 19 heavy (non-hydrogen) atoms. The van der Waals surface area contributed by atoms with Crippen LogP contribution in [0.15, 0.2) is 30.3 Å². The fraction of sp³-hybridized carbons (Fsp3) is 0.154. The van der Waals surface area contributed by atoms with Crippen LogP contribution in [0.1, 0.15) is 15.2 Å². The first kappa shape index (κ1) is 14.6. The predicted molar refractivity (Wildman–Crippen MR) is 86.0 cm³/mol. The van der Waals surface area contributed by atoms with E-state index in [2.05, 4.69) is 0 Å². The molecule has 0 aliphatic heterocycles. The first-order valence-electron chi connectivity index (χ1n) is 5.45. The van der Waals surface area contributed by atoms with E-state index in [0.29, 0.717) is 16.4 Å². The highest BCUT2D eigenvalue weighted by Gasteiger charge is 2.14. The number of thiophene rings is 1. The van der Waals surface area contributed by atoms with Gasteiger partial charge in [-0.3, -0.25) is 4.79 Å². The number of carbonyl (C=O) groups is 1. The molecule has 0 radical (unpaired) electrons. The summed E-state index contributed by atoms with van der Waals surface area (Å²) in [7, 11) is 1.73. The van der Waals surface area contributed by atoms with Crippen molar-refractivity contribution in [2.75, 3.05) is 7.05 Å². The molecule has 0 saturated carbocycles. The van der Waals surface area contributed by atoms with Crippen LogP contribution in [0.2, 0.25) is 4.34 Å². The van der Waals surface area contributed by atoms with Crippen molar-refractivity contribution in [3.8, 4) is 5.75 Å². The average molecular weight is 408 g/mol. The SMILES string of the molecule is CN(Cc1ccc(Cl)s1)C(=O)c1ccc(I)c(O)c1. The molecule has 1 amide bonds. The second kappa shape index (κ2) is 6.11. The van der Waals surface area contributed by atoms with Crippen molar-refractivity contribution < 1.29 is 9.90 Å². The molecule has 2 rings (SSSR count). The van der Waals surface area contributed by atoms with Gasteiger partial charge in [0.2, 0.25) is 0 Å². The highest BCUT2D eigenvalue weighted by Crippen LogP contribution is 2.24. The fourth-order valence-corrected chi connectivity index (χ4v) is 3.08. The number of phenols is 1. The van der Waals surface area contributed by atoms with Crippen molar-refractivity contribution in [3.05, 3.63) is 48.7 Å². The maximum Gasteiger partial charge on any atom is 0.254 e. The largest absolute Gasteiger partial charge is 0.507 e. The zero-order valence-electron chi connectivity index (χ0n) is 10.1. The summed E-state index contributed by atoms with van der Waals surface area (Å²) in [6.45, 7) is 0.503. The minimum Gasteiger partial charge on any atom is -0.507 e. The molecule has 0 fully saturated rings. The highest BCUT2D eigenvalue weighted by atomic mass is 127. The molecule has 3 nitrogen and oxygen atoms in total. The van der Waals surface area contributed by atoms with Crippen LogP contribution in [0.4, 0.5) is 0 Å². The Morgan fingerprint density at radius 3 is 2.74 bits per heavy atom. The molecule has 2 aromatic rings. The lowest BCUT2D eigenvalue weighted by Crippen LogP contribution is -2.25. The van der Waals surface area contributed by atoms with Crippen LogP contribution in [0, 0.1) is 3.57 Å². The summed E-state index contributed by atoms with van der Waals surface area (Å²) in [4.78, 5) is 14.8. The summed E-state index contributed by atoms with van der Waals surface area (Å²) < 4.78 is 1.43. The minimum absolute atomic E-state index is 0.124. The van der Waals surface area contributed by atoms with E-state index in [-0.39, 0.29) is 11.7 Å². The Balaban J connectivity index is 2.12. The summed E-state index contributed by atoms with van der Waals surface area (Å²) in [6.07, 6.45) is 0. The van der Waals surface area contributed by atoms with E-state index in [1.54, 1.807) is 24.1 Å². The standard InChI is InChI=1S/C13H11ClINO2S/c1-16(7-9-3-5-12(14)19-9)13(18)8-2-4-10(15)11(17)6-8/h2-6,17H,7H2,1H3. The number of hydrogen-bond acceptors (Lipinski definition) is 3. The number of hydrogen-bond donors (Lipinski definition) is 1. The molecule has 1 N–H and O–H groups in total. The number of rotatable bonds is 3. The molecule has 0 unspecified atom stereocenters. The van der Waals surface area contributed by atoms with E-state index in [0.717, 1.165) is 8.45 Å². The van der Waals surface area contributed by atoms with Crippen LogP contribution in [0.5, 0.6) is 5.75 Å². The van der Waals surface area contributed by atoms with Crippen molar-refractivity contribution in [1.29, 1.82) is 0 Å². The zero-order valence-corrected chi connectivity index (χ0v) is 13.8. The van der Waals surface area contributed by atoms with Gasteiger partial charge in [0.25, 0.3) is 5.91 Å². The molecule has 0 atom stereocenters. The van der Waals surface area contributed by atoms with Gasteiger partial charge in [-0.2, -0.15) is 0 Å². The molecule has 0 saturated heterocycles. The third kappa shape index (κ3) is 3.61. The Hall–Kier alpha value is -0.790. The number of carbonyl (C=O) groups excluding carboxylic acids is 1. The van der Waals surface area contributed by atoms with Crippen LogP contribution in [0.25, 0.3) is 0 Å². The van der Waals surface area contributed by atoms with Gasteiger partial charge >= 0.3 is 0 Å². The number of phenolic OH excluding ortho intramolecular Hbond substituents is 1. The Morgan fingerprint density at radius 1 is 1.42 bits per heavy atom. The smallest absolute Gasteiger partial charge is 0.254 e. The number of benzene rings is 1. The van der Waals surface area contributed by atoms with Crippen LogP contribution >= 0.6 is 45.5 Å². The quantitative estimate of drug-likeness (QED) is 0.782. The second-order valence-corrected chi connectivity index (χ2v) is 7.00. The van der Waals surface area contributed by atoms with E-state index in [1.807, 2.05) is 34.7 Å². The van der Waals surface area contributed by atoms with Crippen LogP contribution in [-0.2, 0) is 6.54 Å². The van der Waals surface area contributed by atoms with Crippen molar-refractivity contribution in [2.24, 2.45) is 0 Å². The van der Waals surface area contributed by atoms with E-state index in [1.165, 1.54) is 17.4 Å². The molecular weight excluding hydrogens is 397 g/mol. The van der Waals surface area contributed by atoms with E-state index in [4.69, 9.17) is 11.6 Å². The maximum absolute atomic E-state index is 12.2. The van der Waals surface area contributed by atoms with Crippen LogP contribution in [0.3, 0.4) is 0 Å². The molecule has 0 aliphatic rings. The first-order valence-corrected chi connectivity index (χ1v) is 7.73. The molecule has 0 aliphatic carbocycles. The van der Waals surface area contributed by atoms with E-state index >= 15 is 0 Å². The summed E-state index contributed by atoms with van der Waals surface area (Å²) in [6, 6.07) is 8.64. The minimum atomic E-state index is -0.128. The Labute approximate surface area is 134 Å². The summed E-state index contributed by atoms with van der Waals surface area (Å²) in [5, 5.41) is 9.63. The van der Waals surface area contributed by atoms with Gasteiger partial charge in [-0.1, -0.05) is 11.6 Å². The number of nitrogens with zero attached hydrogens (tertiary/aromatic N) is 1. The lowest BCUT2D eigenvalue weighted by atomic mass is 10.2. The Kier molecular flexibility index (Phi) is 4.70. The lowest BCUT2D eigenvalue weighted by molar-refractivity contribution is 0.0786. The van der Waals surface area contributed by atoms with E-state index < -0.39 is 0 Å². The number of halogens is 2. The van der Waals surface area contributed by atoms with Crippen molar-refractivity contribution >= 4 is 51.4 Å². The first-order chi connectivity index (χ1) is 8.97. The van der Waals surface area contributed by atoms with Gasteiger partial charge in [0.05, 0.1) is 14.5 Å². The summed E-state index contributed by atoms with van der Waals surface area (Å²) >= 11 is 9.33. The van der Waals surface area contributed by atoms with Gasteiger partial charge < -0.3 is 10.0 Å². The van der Waals surface area contributed by atoms with Crippen molar-refractivity contribution in [2.45, 2.75) is 6.54 Å². The van der Waals surface area contributed by atoms with Gasteiger partial charge in [0.15, 0.2) is 0 Å². The topological polar surface area (TPSA) is 40.5 Å². The monoisotopic (exact) mass is 407 g/mol. The third-order valence-corrected chi connectivity index (χ3v) is 4.69.